The van der Waals surface area contributed by atoms with Gasteiger partial charge in [-0.15, -0.1) is 0 Å². The van der Waals surface area contributed by atoms with Crippen LogP contribution in [-0.4, -0.2) is 22.1 Å². The van der Waals surface area contributed by atoms with Gasteiger partial charge in [0.25, 0.3) is 5.91 Å². The number of nitrogens with one attached hydrogen (secondary N) is 1. The lowest BCUT2D eigenvalue weighted by atomic mass is 10.2. The second-order valence-corrected chi connectivity index (χ2v) is 5.08. The minimum Gasteiger partial charge on any atom is -0.489 e. The predicted octanol–water partition coefficient (Wildman–Crippen LogP) is 2.79. The Hall–Kier alpha value is -2.56. The van der Waals surface area contributed by atoms with Gasteiger partial charge in [0.2, 0.25) is 0 Å². The predicted molar refractivity (Wildman–Crippen MR) is 85.8 cm³/mol. The molecule has 0 atom stereocenters. The average molecular weight is 299 g/mol. The van der Waals surface area contributed by atoms with Crippen molar-refractivity contribution in [2.75, 3.05) is 6.61 Å². The molecule has 1 amide bonds. The summed E-state index contributed by atoms with van der Waals surface area (Å²) in [5, 5.41) is 2.87. The SMILES string of the molecule is C=C(C)COc1ccc(C(=O)NCc2nccn2CC)cc1. The second-order valence-electron chi connectivity index (χ2n) is 5.08. The van der Waals surface area contributed by atoms with E-state index in [-0.39, 0.29) is 5.91 Å². The van der Waals surface area contributed by atoms with Gasteiger partial charge in [0.15, 0.2) is 0 Å². The number of aryl methyl sites for hydroxylation is 1. The van der Waals surface area contributed by atoms with Crippen LogP contribution in [0.3, 0.4) is 0 Å². The van der Waals surface area contributed by atoms with Gasteiger partial charge in [0, 0.05) is 24.5 Å². The van der Waals surface area contributed by atoms with Crippen LogP contribution >= 0.6 is 0 Å². The Bertz CT molecular complexity index is 644. The summed E-state index contributed by atoms with van der Waals surface area (Å²) in [6.45, 7) is 9.45. The third-order valence-corrected chi connectivity index (χ3v) is 3.15. The molecule has 1 aromatic carbocycles. The molecule has 5 heteroatoms. The van der Waals surface area contributed by atoms with Crippen LogP contribution in [0.1, 0.15) is 30.0 Å². The van der Waals surface area contributed by atoms with Gasteiger partial charge in [-0.2, -0.15) is 0 Å². The Kier molecular flexibility index (Phi) is 5.36. The molecule has 0 fully saturated rings. The Morgan fingerprint density at radius 3 is 2.73 bits per heavy atom. The van der Waals surface area contributed by atoms with E-state index in [1.54, 1.807) is 30.5 Å². The van der Waals surface area contributed by atoms with Gasteiger partial charge in [0.1, 0.15) is 18.2 Å². The van der Waals surface area contributed by atoms with E-state index in [9.17, 15) is 4.79 Å². The summed E-state index contributed by atoms with van der Waals surface area (Å²) < 4.78 is 7.50. The number of hydrogen-bond acceptors (Lipinski definition) is 3. The molecule has 116 valence electrons. The van der Waals surface area contributed by atoms with Crippen molar-refractivity contribution in [3.63, 3.8) is 0 Å². The third-order valence-electron chi connectivity index (χ3n) is 3.15. The minimum absolute atomic E-state index is 0.128. The lowest BCUT2D eigenvalue weighted by Crippen LogP contribution is -2.24. The Balaban J connectivity index is 1.91. The Morgan fingerprint density at radius 1 is 1.36 bits per heavy atom. The van der Waals surface area contributed by atoms with E-state index >= 15 is 0 Å². The van der Waals surface area contributed by atoms with E-state index in [4.69, 9.17) is 4.74 Å². The first-order chi connectivity index (χ1) is 10.6. The highest BCUT2D eigenvalue weighted by molar-refractivity contribution is 5.94. The quantitative estimate of drug-likeness (QED) is 0.800. The van der Waals surface area contributed by atoms with Crippen molar-refractivity contribution in [3.8, 4) is 5.75 Å². The van der Waals surface area contributed by atoms with Gasteiger partial charge in [-0.1, -0.05) is 6.58 Å². The molecular formula is C17H21N3O2. The number of hydrogen-bond donors (Lipinski definition) is 1. The molecule has 0 spiro atoms. The maximum Gasteiger partial charge on any atom is 0.251 e. The molecule has 5 nitrogen and oxygen atoms in total. The summed E-state index contributed by atoms with van der Waals surface area (Å²) in [7, 11) is 0. The standard InChI is InChI=1S/C17H21N3O2/c1-4-20-10-9-18-16(20)11-19-17(21)14-5-7-15(8-6-14)22-12-13(2)3/h5-10H,2,4,11-12H2,1,3H3,(H,19,21). The molecule has 2 aromatic rings. The van der Waals surface area contributed by atoms with Crippen LogP contribution < -0.4 is 10.1 Å². The average Bonchev–Trinajstić information content (AvgIpc) is 2.98. The molecule has 0 bridgehead atoms. The van der Waals surface area contributed by atoms with E-state index < -0.39 is 0 Å². The Labute approximate surface area is 130 Å². The first kappa shape index (κ1) is 15.8. The number of nitrogens with zero attached hydrogens (tertiary/aromatic N) is 2. The number of amides is 1. The summed E-state index contributed by atoms with van der Waals surface area (Å²) in [5.74, 6) is 1.44. The molecule has 0 unspecified atom stereocenters. The fourth-order valence-electron chi connectivity index (χ4n) is 1.97. The maximum atomic E-state index is 12.1. The van der Waals surface area contributed by atoms with Gasteiger partial charge < -0.3 is 14.6 Å². The van der Waals surface area contributed by atoms with Crippen LogP contribution in [0, 0.1) is 0 Å². The van der Waals surface area contributed by atoms with E-state index in [0.717, 1.165) is 23.7 Å². The van der Waals surface area contributed by atoms with Crippen LogP contribution in [0.25, 0.3) is 0 Å². The smallest absolute Gasteiger partial charge is 0.251 e. The molecule has 0 aliphatic carbocycles. The minimum atomic E-state index is -0.128. The number of carbonyl (C=O) groups excluding carboxylic acids is 1. The van der Waals surface area contributed by atoms with Crippen LogP contribution in [0.5, 0.6) is 5.75 Å². The zero-order chi connectivity index (χ0) is 15.9. The fraction of sp³-hybridized carbons (Fsp3) is 0.294. The summed E-state index contributed by atoms with van der Waals surface area (Å²) in [5.41, 5.74) is 1.55. The number of ether oxygens (including phenoxy) is 1. The second kappa shape index (κ2) is 7.45. The van der Waals surface area contributed by atoms with Crippen LogP contribution in [-0.2, 0) is 13.1 Å². The van der Waals surface area contributed by atoms with E-state index in [1.807, 2.05) is 24.6 Å². The van der Waals surface area contributed by atoms with Crippen LogP contribution in [0.4, 0.5) is 0 Å². The maximum absolute atomic E-state index is 12.1. The molecule has 0 aliphatic rings. The van der Waals surface area contributed by atoms with Gasteiger partial charge in [-0.25, -0.2) is 4.98 Å². The molecule has 1 heterocycles. The molecule has 1 N–H and O–H groups in total. The highest BCUT2D eigenvalue weighted by atomic mass is 16.5. The summed E-state index contributed by atoms with van der Waals surface area (Å²) in [4.78, 5) is 16.3. The monoisotopic (exact) mass is 299 g/mol. The van der Waals surface area contributed by atoms with Crippen molar-refractivity contribution in [2.24, 2.45) is 0 Å². The number of benzene rings is 1. The molecule has 1 aromatic heterocycles. The number of rotatable bonds is 7. The van der Waals surface area contributed by atoms with Crippen LogP contribution in [0.2, 0.25) is 0 Å². The van der Waals surface area contributed by atoms with Crippen molar-refractivity contribution < 1.29 is 9.53 Å². The number of aromatic nitrogens is 2. The molecular weight excluding hydrogens is 278 g/mol. The molecule has 0 aliphatic heterocycles. The molecule has 0 saturated carbocycles. The first-order valence-corrected chi connectivity index (χ1v) is 7.25. The van der Waals surface area contributed by atoms with Crippen molar-refractivity contribution in [1.82, 2.24) is 14.9 Å². The number of imidazole rings is 1. The summed E-state index contributed by atoms with van der Waals surface area (Å²) in [6.07, 6.45) is 3.63. The normalized spacial score (nSPS) is 10.3. The number of carbonyl (C=O) groups is 1. The van der Waals surface area contributed by atoms with Crippen molar-refractivity contribution in [1.29, 1.82) is 0 Å². The van der Waals surface area contributed by atoms with Crippen molar-refractivity contribution in [2.45, 2.75) is 26.9 Å². The molecule has 2 rings (SSSR count). The highest BCUT2D eigenvalue weighted by Crippen LogP contribution is 2.13. The lowest BCUT2D eigenvalue weighted by molar-refractivity contribution is 0.0949. The summed E-state index contributed by atoms with van der Waals surface area (Å²) in [6, 6.07) is 7.06. The summed E-state index contributed by atoms with van der Waals surface area (Å²) >= 11 is 0. The van der Waals surface area contributed by atoms with Crippen LogP contribution in [0.15, 0.2) is 48.8 Å². The molecule has 0 saturated heterocycles. The fourth-order valence-corrected chi connectivity index (χ4v) is 1.97. The van der Waals surface area contributed by atoms with Crippen molar-refractivity contribution >= 4 is 5.91 Å². The highest BCUT2D eigenvalue weighted by Gasteiger charge is 2.07. The van der Waals surface area contributed by atoms with Gasteiger partial charge in [-0.05, 0) is 43.7 Å². The van der Waals surface area contributed by atoms with Gasteiger partial charge >= 0.3 is 0 Å². The van der Waals surface area contributed by atoms with E-state index in [1.165, 1.54) is 0 Å². The first-order valence-electron chi connectivity index (χ1n) is 7.25. The van der Waals surface area contributed by atoms with E-state index in [0.29, 0.717) is 18.7 Å². The largest absolute Gasteiger partial charge is 0.489 e. The van der Waals surface area contributed by atoms with E-state index in [2.05, 4.69) is 16.9 Å². The zero-order valence-electron chi connectivity index (χ0n) is 13.0. The Morgan fingerprint density at radius 2 is 2.09 bits per heavy atom. The molecule has 0 radical (unpaired) electrons. The van der Waals surface area contributed by atoms with Crippen molar-refractivity contribution in [3.05, 3.63) is 60.2 Å². The topological polar surface area (TPSA) is 56.1 Å². The van der Waals surface area contributed by atoms with Gasteiger partial charge in [-0.3, -0.25) is 4.79 Å². The third kappa shape index (κ3) is 4.22. The van der Waals surface area contributed by atoms with Gasteiger partial charge in [0.05, 0.1) is 6.54 Å². The zero-order valence-corrected chi connectivity index (χ0v) is 13.0. The molecule has 22 heavy (non-hydrogen) atoms. The lowest BCUT2D eigenvalue weighted by Gasteiger charge is -2.08.